The van der Waals surface area contributed by atoms with E-state index >= 15 is 0 Å². The normalized spacial score (nSPS) is 12.4. The standard InChI is InChI=1S/C16H17BrFNS/c1-11-5-2-3-8-15(11)20-10-13(19)9-12-6-4-7-14(18)16(12)17/h2-8,13H,9-10,19H2,1H3. The maximum absolute atomic E-state index is 13.4. The number of hydrogen-bond donors (Lipinski definition) is 1. The van der Waals surface area contributed by atoms with E-state index < -0.39 is 0 Å². The molecule has 0 bridgehead atoms. The van der Waals surface area contributed by atoms with Crippen LogP contribution >= 0.6 is 27.7 Å². The maximum Gasteiger partial charge on any atom is 0.137 e. The van der Waals surface area contributed by atoms with Gasteiger partial charge in [0.05, 0.1) is 4.47 Å². The fourth-order valence-corrected chi connectivity index (χ4v) is 3.37. The zero-order valence-electron chi connectivity index (χ0n) is 11.3. The van der Waals surface area contributed by atoms with Crippen LogP contribution in [0.2, 0.25) is 0 Å². The summed E-state index contributed by atoms with van der Waals surface area (Å²) in [5.74, 6) is 0.578. The van der Waals surface area contributed by atoms with Crippen LogP contribution in [0.25, 0.3) is 0 Å². The molecule has 0 aliphatic carbocycles. The molecule has 2 rings (SSSR count). The van der Waals surface area contributed by atoms with Gasteiger partial charge in [0.25, 0.3) is 0 Å². The second-order valence-electron chi connectivity index (χ2n) is 4.75. The summed E-state index contributed by atoms with van der Waals surface area (Å²) in [6, 6.07) is 13.3. The fourth-order valence-electron chi connectivity index (χ4n) is 1.96. The smallest absolute Gasteiger partial charge is 0.137 e. The van der Waals surface area contributed by atoms with E-state index in [2.05, 4.69) is 35.0 Å². The van der Waals surface area contributed by atoms with Crippen molar-refractivity contribution in [1.82, 2.24) is 0 Å². The molecular weight excluding hydrogens is 337 g/mol. The Hall–Kier alpha value is -0.840. The highest BCUT2D eigenvalue weighted by Crippen LogP contribution is 2.25. The Bertz CT molecular complexity index is 588. The first-order valence-electron chi connectivity index (χ1n) is 6.45. The summed E-state index contributed by atoms with van der Waals surface area (Å²) >= 11 is 5.03. The maximum atomic E-state index is 13.4. The summed E-state index contributed by atoms with van der Waals surface area (Å²) in [5, 5.41) is 0. The average molecular weight is 354 g/mol. The van der Waals surface area contributed by atoms with Crippen molar-refractivity contribution in [3.8, 4) is 0 Å². The van der Waals surface area contributed by atoms with Gasteiger partial charge in [-0.05, 0) is 52.5 Å². The lowest BCUT2D eigenvalue weighted by atomic mass is 10.1. The van der Waals surface area contributed by atoms with Gasteiger partial charge >= 0.3 is 0 Å². The van der Waals surface area contributed by atoms with E-state index in [-0.39, 0.29) is 11.9 Å². The summed E-state index contributed by atoms with van der Waals surface area (Å²) < 4.78 is 14.0. The Morgan fingerprint density at radius 3 is 2.70 bits per heavy atom. The van der Waals surface area contributed by atoms with E-state index in [9.17, 15) is 4.39 Å². The molecular formula is C16H17BrFNS. The van der Waals surface area contributed by atoms with Gasteiger partial charge in [-0.25, -0.2) is 4.39 Å². The van der Waals surface area contributed by atoms with Gasteiger partial charge in [-0.3, -0.25) is 0 Å². The fraction of sp³-hybridized carbons (Fsp3) is 0.250. The Balaban J connectivity index is 1.94. The topological polar surface area (TPSA) is 26.0 Å². The molecule has 0 aliphatic rings. The number of rotatable bonds is 5. The molecule has 106 valence electrons. The van der Waals surface area contributed by atoms with E-state index in [1.54, 1.807) is 17.8 Å². The van der Waals surface area contributed by atoms with E-state index in [0.717, 1.165) is 11.3 Å². The van der Waals surface area contributed by atoms with Crippen molar-refractivity contribution in [2.75, 3.05) is 5.75 Å². The van der Waals surface area contributed by atoms with Crippen molar-refractivity contribution in [2.24, 2.45) is 5.73 Å². The highest BCUT2D eigenvalue weighted by molar-refractivity contribution is 9.10. The van der Waals surface area contributed by atoms with Crippen molar-refractivity contribution >= 4 is 27.7 Å². The molecule has 0 aromatic heterocycles. The largest absolute Gasteiger partial charge is 0.327 e. The first kappa shape index (κ1) is 15.5. The molecule has 1 atom stereocenters. The number of aryl methyl sites for hydroxylation is 1. The molecule has 1 unspecified atom stereocenters. The molecule has 2 aromatic rings. The number of halogens is 2. The number of nitrogens with two attached hydrogens (primary N) is 1. The Labute approximate surface area is 131 Å². The van der Waals surface area contributed by atoms with E-state index in [4.69, 9.17) is 5.73 Å². The van der Waals surface area contributed by atoms with Crippen molar-refractivity contribution in [1.29, 1.82) is 0 Å². The Morgan fingerprint density at radius 2 is 1.95 bits per heavy atom. The van der Waals surface area contributed by atoms with Crippen LogP contribution in [0.5, 0.6) is 0 Å². The molecule has 20 heavy (non-hydrogen) atoms. The van der Waals surface area contributed by atoms with Gasteiger partial charge in [-0.2, -0.15) is 0 Å². The number of benzene rings is 2. The summed E-state index contributed by atoms with van der Waals surface area (Å²) in [6.07, 6.45) is 0.664. The van der Waals surface area contributed by atoms with Crippen molar-refractivity contribution in [3.63, 3.8) is 0 Å². The zero-order valence-corrected chi connectivity index (χ0v) is 13.7. The highest BCUT2D eigenvalue weighted by atomic mass is 79.9. The lowest BCUT2D eigenvalue weighted by Gasteiger charge is -2.13. The minimum Gasteiger partial charge on any atom is -0.327 e. The van der Waals surface area contributed by atoms with Crippen LogP contribution in [0.1, 0.15) is 11.1 Å². The first-order valence-corrected chi connectivity index (χ1v) is 8.22. The lowest BCUT2D eigenvalue weighted by molar-refractivity contribution is 0.615. The molecule has 0 saturated carbocycles. The quantitative estimate of drug-likeness (QED) is 0.797. The number of thioether (sulfide) groups is 1. The van der Waals surface area contributed by atoms with Crippen LogP contribution in [-0.4, -0.2) is 11.8 Å². The van der Waals surface area contributed by atoms with Gasteiger partial charge < -0.3 is 5.73 Å². The van der Waals surface area contributed by atoms with Gasteiger partial charge in [-0.15, -0.1) is 11.8 Å². The average Bonchev–Trinajstić information content (AvgIpc) is 2.43. The van der Waals surface area contributed by atoms with Gasteiger partial charge in [0.2, 0.25) is 0 Å². The van der Waals surface area contributed by atoms with Gasteiger partial charge in [-0.1, -0.05) is 30.3 Å². The molecule has 1 nitrogen and oxygen atoms in total. The zero-order chi connectivity index (χ0) is 14.5. The molecule has 2 aromatic carbocycles. The molecule has 0 aliphatic heterocycles. The van der Waals surface area contributed by atoms with E-state index in [1.807, 2.05) is 18.2 Å². The van der Waals surface area contributed by atoms with Crippen molar-refractivity contribution in [2.45, 2.75) is 24.3 Å². The molecule has 0 saturated heterocycles. The summed E-state index contributed by atoms with van der Waals surface area (Å²) in [5.41, 5.74) is 8.34. The third-order valence-corrected chi connectivity index (χ3v) is 5.31. The van der Waals surface area contributed by atoms with Gasteiger partial charge in [0.15, 0.2) is 0 Å². The van der Waals surface area contributed by atoms with Crippen LogP contribution in [0.4, 0.5) is 4.39 Å². The van der Waals surface area contributed by atoms with E-state index in [0.29, 0.717) is 10.9 Å². The SMILES string of the molecule is Cc1ccccc1SCC(N)Cc1cccc(F)c1Br. The molecule has 0 fully saturated rings. The van der Waals surface area contributed by atoms with Gasteiger partial charge in [0, 0.05) is 16.7 Å². The molecule has 2 N–H and O–H groups in total. The molecule has 0 spiro atoms. The predicted molar refractivity (Wildman–Crippen MR) is 87.7 cm³/mol. The van der Waals surface area contributed by atoms with Crippen LogP contribution in [0.3, 0.4) is 0 Å². The highest BCUT2D eigenvalue weighted by Gasteiger charge is 2.10. The van der Waals surface area contributed by atoms with Gasteiger partial charge in [0.1, 0.15) is 5.82 Å². The minimum absolute atomic E-state index is 0.00212. The first-order chi connectivity index (χ1) is 9.58. The second-order valence-corrected chi connectivity index (χ2v) is 6.61. The van der Waals surface area contributed by atoms with Crippen LogP contribution in [0.15, 0.2) is 51.8 Å². The molecule has 0 amide bonds. The summed E-state index contributed by atoms with van der Waals surface area (Å²) in [7, 11) is 0. The third kappa shape index (κ3) is 4.08. The molecule has 4 heteroatoms. The van der Waals surface area contributed by atoms with Crippen molar-refractivity contribution < 1.29 is 4.39 Å². The lowest BCUT2D eigenvalue weighted by Crippen LogP contribution is -2.25. The third-order valence-electron chi connectivity index (χ3n) is 3.06. The predicted octanol–water partition coefficient (Wildman–Crippen LogP) is 4.56. The second kappa shape index (κ2) is 7.25. The summed E-state index contributed by atoms with van der Waals surface area (Å²) in [4.78, 5) is 1.25. The van der Waals surface area contributed by atoms with Crippen molar-refractivity contribution in [3.05, 3.63) is 63.9 Å². The molecule has 0 heterocycles. The monoisotopic (exact) mass is 353 g/mol. The van der Waals surface area contributed by atoms with Crippen LogP contribution in [0, 0.1) is 12.7 Å². The van der Waals surface area contributed by atoms with Crippen LogP contribution in [-0.2, 0) is 6.42 Å². The van der Waals surface area contributed by atoms with Crippen LogP contribution < -0.4 is 5.73 Å². The Kier molecular flexibility index (Phi) is 5.64. The summed E-state index contributed by atoms with van der Waals surface area (Å²) in [6.45, 7) is 2.09. The number of hydrogen-bond acceptors (Lipinski definition) is 2. The minimum atomic E-state index is -0.235. The molecule has 0 radical (unpaired) electrons. The Morgan fingerprint density at radius 1 is 1.20 bits per heavy atom. The van der Waals surface area contributed by atoms with E-state index in [1.165, 1.54) is 16.5 Å².